The van der Waals surface area contributed by atoms with Crippen LogP contribution in [0.3, 0.4) is 0 Å². The van der Waals surface area contributed by atoms with Crippen molar-refractivity contribution in [2.24, 2.45) is 0 Å². The average molecular weight is 431 g/mol. The van der Waals surface area contributed by atoms with Crippen molar-refractivity contribution in [3.63, 3.8) is 0 Å². The molecule has 2 aromatic carbocycles. The smallest absolute Gasteiger partial charge is 0.273 e. The Labute approximate surface area is 171 Å². The highest BCUT2D eigenvalue weighted by molar-refractivity contribution is 8.00. The molecule has 1 aliphatic heterocycles. The van der Waals surface area contributed by atoms with Gasteiger partial charge in [-0.05, 0) is 48.5 Å². The molecule has 9 nitrogen and oxygen atoms in total. The number of para-hydroxylation sites is 1. The van der Waals surface area contributed by atoms with Gasteiger partial charge in [0.1, 0.15) is 16.2 Å². The molecule has 0 radical (unpaired) electrons. The minimum Gasteiger partial charge on any atom is -0.490 e. The first-order valence-corrected chi connectivity index (χ1v) is 11.2. The lowest BCUT2D eigenvalue weighted by molar-refractivity contribution is 0.0881. The van der Waals surface area contributed by atoms with E-state index in [1.54, 1.807) is 12.1 Å². The van der Waals surface area contributed by atoms with Crippen LogP contribution in [-0.4, -0.2) is 50.8 Å². The van der Waals surface area contributed by atoms with Crippen molar-refractivity contribution in [3.05, 3.63) is 54.1 Å². The minimum atomic E-state index is -3.98. The number of sulfonamides is 1. The molecule has 0 saturated heterocycles. The van der Waals surface area contributed by atoms with Crippen LogP contribution in [0.1, 0.15) is 24.2 Å². The van der Waals surface area contributed by atoms with Crippen LogP contribution in [0.2, 0.25) is 0 Å². The predicted molar refractivity (Wildman–Crippen MR) is 105 cm³/mol. The number of hydrogen-bond donors (Lipinski definition) is 0. The SMILES string of the molecule is CC(C)Oc1cccc2c1C(=O)N(CSc1nnnn1-c1ccccc1)S2(=O)=O. The largest absolute Gasteiger partial charge is 0.490 e. The molecule has 11 heteroatoms. The molecule has 4 rings (SSSR count). The Kier molecular flexibility index (Phi) is 5.01. The number of aromatic nitrogens is 4. The zero-order valence-corrected chi connectivity index (χ0v) is 17.2. The van der Waals surface area contributed by atoms with Crippen molar-refractivity contribution in [1.82, 2.24) is 24.5 Å². The molecular formula is C18H17N5O4S2. The van der Waals surface area contributed by atoms with E-state index in [4.69, 9.17) is 4.74 Å². The van der Waals surface area contributed by atoms with Crippen LogP contribution >= 0.6 is 11.8 Å². The second kappa shape index (κ2) is 7.48. The van der Waals surface area contributed by atoms with E-state index in [0.29, 0.717) is 5.16 Å². The lowest BCUT2D eigenvalue weighted by Crippen LogP contribution is -2.29. The molecule has 2 heterocycles. The van der Waals surface area contributed by atoms with Gasteiger partial charge in [0.2, 0.25) is 5.16 Å². The number of fused-ring (bicyclic) bond motifs is 1. The summed E-state index contributed by atoms with van der Waals surface area (Å²) in [7, 11) is -3.98. The molecule has 0 atom stereocenters. The fraction of sp³-hybridized carbons (Fsp3) is 0.222. The standard InChI is InChI=1S/C18H17N5O4S2/c1-12(2)27-14-9-6-10-15-16(14)17(24)22(29(15,25)26)11-28-18-19-20-21-23(18)13-7-4-3-5-8-13/h3-10,12H,11H2,1-2H3. The summed E-state index contributed by atoms with van der Waals surface area (Å²) in [5.41, 5.74) is 0.788. The maximum atomic E-state index is 12.9. The van der Waals surface area contributed by atoms with Crippen LogP contribution in [0.25, 0.3) is 5.69 Å². The van der Waals surface area contributed by atoms with E-state index in [-0.39, 0.29) is 28.2 Å². The van der Waals surface area contributed by atoms with Gasteiger partial charge in [-0.25, -0.2) is 12.7 Å². The van der Waals surface area contributed by atoms with E-state index in [9.17, 15) is 13.2 Å². The van der Waals surface area contributed by atoms with Crippen molar-refractivity contribution in [2.75, 3.05) is 5.88 Å². The predicted octanol–water partition coefficient (Wildman–Crippen LogP) is 2.34. The van der Waals surface area contributed by atoms with E-state index >= 15 is 0 Å². The van der Waals surface area contributed by atoms with Crippen molar-refractivity contribution >= 4 is 27.7 Å². The van der Waals surface area contributed by atoms with Gasteiger partial charge >= 0.3 is 0 Å². The molecule has 0 spiro atoms. The van der Waals surface area contributed by atoms with Crippen LogP contribution in [0.4, 0.5) is 0 Å². The molecule has 0 N–H and O–H groups in total. The molecular weight excluding hydrogens is 414 g/mol. The molecule has 0 unspecified atom stereocenters. The number of carbonyl (C=O) groups excluding carboxylic acids is 1. The van der Waals surface area contributed by atoms with Gasteiger partial charge < -0.3 is 4.74 Å². The Bertz CT molecular complexity index is 1160. The van der Waals surface area contributed by atoms with Crippen LogP contribution in [0, 0.1) is 0 Å². The number of amides is 1. The number of hydrogen-bond acceptors (Lipinski definition) is 8. The van der Waals surface area contributed by atoms with Gasteiger partial charge in [-0.15, -0.1) is 5.10 Å². The first-order chi connectivity index (χ1) is 13.9. The number of rotatable bonds is 6. The lowest BCUT2D eigenvalue weighted by Gasteiger charge is -2.14. The van der Waals surface area contributed by atoms with Gasteiger partial charge in [-0.3, -0.25) is 4.79 Å². The maximum Gasteiger partial charge on any atom is 0.273 e. The van der Waals surface area contributed by atoms with Crippen molar-refractivity contribution in [2.45, 2.75) is 30.0 Å². The Morgan fingerprint density at radius 3 is 2.59 bits per heavy atom. The summed E-state index contributed by atoms with van der Waals surface area (Å²) in [6.07, 6.45) is -0.198. The molecule has 150 valence electrons. The molecule has 0 fully saturated rings. The molecule has 29 heavy (non-hydrogen) atoms. The number of benzene rings is 2. The van der Waals surface area contributed by atoms with E-state index in [1.165, 1.54) is 10.7 Å². The summed E-state index contributed by atoms with van der Waals surface area (Å²) in [6, 6.07) is 13.8. The highest BCUT2D eigenvalue weighted by Gasteiger charge is 2.43. The van der Waals surface area contributed by atoms with E-state index in [0.717, 1.165) is 21.8 Å². The summed E-state index contributed by atoms with van der Waals surface area (Å²) < 4.78 is 33.8. The highest BCUT2D eigenvalue weighted by Crippen LogP contribution is 2.38. The zero-order chi connectivity index (χ0) is 20.6. The quantitative estimate of drug-likeness (QED) is 0.548. The summed E-state index contributed by atoms with van der Waals surface area (Å²) >= 11 is 1.05. The Morgan fingerprint density at radius 2 is 1.86 bits per heavy atom. The van der Waals surface area contributed by atoms with Gasteiger partial charge in [-0.2, -0.15) is 4.68 Å². The number of thioether (sulfide) groups is 1. The third-order valence-electron chi connectivity index (χ3n) is 4.11. The normalized spacial score (nSPS) is 15.0. The van der Waals surface area contributed by atoms with Crippen LogP contribution in [-0.2, 0) is 10.0 Å². The second-order valence-corrected chi connectivity index (χ2v) is 9.18. The molecule has 0 saturated carbocycles. The zero-order valence-electron chi connectivity index (χ0n) is 15.6. The van der Waals surface area contributed by atoms with Crippen LogP contribution in [0.5, 0.6) is 5.75 Å². The summed E-state index contributed by atoms with van der Waals surface area (Å²) in [4.78, 5) is 12.9. The van der Waals surface area contributed by atoms with Crippen LogP contribution < -0.4 is 4.74 Å². The summed E-state index contributed by atoms with van der Waals surface area (Å²) in [5.74, 6) is -0.528. The first-order valence-electron chi connectivity index (χ1n) is 8.73. The Balaban J connectivity index is 1.62. The van der Waals surface area contributed by atoms with Gasteiger partial charge in [0, 0.05) is 0 Å². The van der Waals surface area contributed by atoms with Crippen molar-refractivity contribution in [1.29, 1.82) is 0 Å². The minimum absolute atomic E-state index is 0.0519. The highest BCUT2D eigenvalue weighted by atomic mass is 32.2. The lowest BCUT2D eigenvalue weighted by atomic mass is 10.2. The van der Waals surface area contributed by atoms with Crippen molar-refractivity contribution < 1.29 is 17.9 Å². The second-order valence-electron chi connectivity index (χ2n) is 6.44. The van der Waals surface area contributed by atoms with E-state index in [1.807, 2.05) is 44.2 Å². The number of ether oxygens (including phenoxy) is 1. The monoisotopic (exact) mass is 431 g/mol. The third kappa shape index (κ3) is 3.47. The fourth-order valence-electron chi connectivity index (χ4n) is 2.89. The Morgan fingerprint density at radius 1 is 1.10 bits per heavy atom. The number of tetrazole rings is 1. The molecule has 0 aliphatic carbocycles. The number of carbonyl (C=O) groups is 1. The average Bonchev–Trinajstić information content (AvgIpc) is 3.23. The van der Waals surface area contributed by atoms with Crippen LogP contribution in [0.15, 0.2) is 58.6 Å². The summed E-state index contributed by atoms with van der Waals surface area (Å²) in [6.45, 7) is 3.62. The molecule has 0 bridgehead atoms. The first kappa shape index (κ1) is 19.4. The van der Waals surface area contributed by atoms with Gasteiger partial charge in [0.05, 0.1) is 17.7 Å². The third-order valence-corrected chi connectivity index (χ3v) is 6.95. The molecule has 1 amide bonds. The molecule has 3 aromatic rings. The van der Waals surface area contributed by atoms with E-state index in [2.05, 4.69) is 15.5 Å². The van der Waals surface area contributed by atoms with Gasteiger partial charge in [0.25, 0.3) is 15.9 Å². The maximum absolute atomic E-state index is 12.9. The van der Waals surface area contributed by atoms with Gasteiger partial charge in [-0.1, -0.05) is 36.0 Å². The fourth-order valence-corrected chi connectivity index (χ4v) is 5.55. The topological polar surface area (TPSA) is 107 Å². The number of nitrogens with zero attached hydrogens (tertiary/aromatic N) is 5. The van der Waals surface area contributed by atoms with Gasteiger partial charge in [0.15, 0.2) is 0 Å². The molecule has 1 aliphatic rings. The van der Waals surface area contributed by atoms with E-state index < -0.39 is 15.9 Å². The summed E-state index contributed by atoms with van der Waals surface area (Å²) in [5, 5.41) is 11.9. The molecule has 1 aromatic heterocycles. The Hall–Kier alpha value is -2.92. The van der Waals surface area contributed by atoms with Crippen molar-refractivity contribution in [3.8, 4) is 11.4 Å².